The van der Waals surface area contributed by atoms with Crippen molar-refractivity contribution in [1.29, 1.82) is 0 Å². The maximum atomic E-state index is 11.4. The third-order valence-corrected chi connectivity index (χ3v) is 3.70. The molecule has 19 nitrogen and oxygen atoms in total. The Bertz CT molecular complexity index is 1330. The molecule has 0 radical (unpaired) electrons. The molecular formula is C19H20N2O17S. The Morgan fingerprint density at radius 3 is 1.31 bits per heavy atom. The van der Waals surface area contributed by atoms with Crippen molar-refractivity contribution in [3.63, 3.8) is 0 Å². The molecule has 0 saturated carbocycles. The lowest BCUT2D eigenvalue weighted by Gasteiger charge is -2.05. The molecule has 39 heavy (non-hydrogen) atoms. The van der Waals surface area contributed by atoms with Crippen molar-refractivity contribution in [1.82, 2.24) is 0 Å². The summed E-state index contributed by atoms with van der Waals surface area (Å²) in [4.78, 5) is 63.3. The van der Waals surface area contributed by atoms with Gasteiger partial charge in [0.2, 0.25) is 0 Å². The van der Waals surface area contributed by atoms with Gasteiger partial charge in [0.15, 0.2) is 0 Å². The van der Waals surface area contributed by atoms with Crippen molar-refractivity contribution in [2.75, 3.05) is 21.3 Å². The van der Waals surface area contributed by atoms with Crippen LogP contribution in [0, 0.1) is 20.2 Å². The van der Waals surface area contributed by atoms with Gasteiger partial charge in [-0.05, 0) is 12.1 Å². The molecule has 20 heteroatoms. The number of aliphatic hydroxyl groups excluding tert-OH is 1. The lowest BCUT2D eigenvalue weighted by Crippen LogP contribution is -2.12. The maximum Gasteiger partial charge on any atom is 0.394 e. The molecule has 0 saturated heterocycles. The molecule has 2 aromatic carbocycles. The quantitative estimate of drug-likeness (QED) is 0.138. The number of aromatic carboxylic acids is 2. The third-order valence-electron chi connectivity index (χ3n) is 3.70. The van der Waals surface area contributed by atoms with Gasteiger partial charge < -0.3 is 24.8 Å². The van der Waals surface area contributed by atoms with Gasteiger partial charge in [-0.2, -0.15) is 8.42 Å². The van der Waals surface area contributed by atoms with Crippen LogP contribution < -0.4 is 0 Å². The van der Waals surface area contributed by atoms with E-state index < -0.39 is 60.9 Å². The van der Waals surface area contributed by atoms with E-state index in [1.54, 1.807) is 0 Å². The number of benzene rings is 2. The molecule has 0 aromatic heterocycles. The van der Waals surface area contributed by atoms with Gasteiger partial charge in [-0.3, -0.25) is 29.3 Å². The summed E-state index contributed by atoms with van der Waals surface area (Å²) in [6.07, 6.45) is 0. The number of carboxylic acid groups (broad SMARTS) is 2. The Hall–Kier alpha value is -5.05. The zero-order chi connectivity index (χ0) is 31.1. The highest BCUT2D eigenvalue weighted by Crippen LogP contribution is 2.20. The number of esters is 2. The summed E-state index contributed by atoms with van der Waals surface area (Å²) in [7, 11) is -1.41. The van der Waals surface area contributed by atoms with E-state index in [4.69, 9.17) is 32.8 Å². The molecule has 0 heterocycles. The van der Waals surface area contributed by atoms with Crippen molar-refractivity contribution in [3.05, 3.63) is 78.9 Å². The largest absolute Gasteiger partial charge is 0.478 e. The SMILES string of the molecule is CO.COC(=O)c1ccc([N+](=O)[O-])cc1C(=O)OC.O=C(O)c1ccc([N+](=O)[O-])cc1C(=O)O.O=S(=O)(O)O. The summed E-state index contributed by atoms with van der Waals surface area (Å²) in [5.41, 5.74) is -2.13. The van der Waals surface area contributed by atoms with Crippen molar-refractivity contribution in [2.45, 2.75) is 0 Å². The van der Waals surface area contributed by atoms with Crippen LogP contribution in [-0.4, -0.2) is 87.9 Å². The number of nitro groups is 2. The van der Waals surface area contributed by atoms with Crippen LogP contribution in [-0.2, 0) is 19.9 Å². The fraction of sp³-hybridized carbons (Fsp3) is 0.158. The van der Waals surface area contributed by atoms with E-state index >= 15 is 0 Å². The number of non-ortho nitro benzene ring substituents is 2. The Kier molecular flexibility index (Phi) is 15.4. The molecule has 0 unspecified atom stereocenters. The third kappa shape index (κ3) is 13.2. The minimum Gasteiger partial charge on any atom is -0.478 e. The second-order valence-electron chi connectivity index (χ2n) is 6.02. The van der Waals surface area contributed by atoms with E-state index in [0.717, 1.165) is 51.7 Å². The van der Waals surface area contributed by atoms with Crippen LogP contribution in [0.25, 0.3) is 0 Å². The number of aliphatic hydroxyl groups is 1. The first-order valence-electron chi connectivity index (χ1n) is 9.29. The van der Waals surface area contributed by atoms with E-state index in [-0.39, 0.29) is 16.8 Å². The first kappa shape index (κ1) is 36.1. The fourth-order valence-corrected chi connectivity index (χ4v) is 2.22. The second-order valence-corrected chi connectivity index (χ2v) is 6.91. The van der Waals surface area contributed by atoms with Crippen LogP contribution in [0.1, 0.15) is 41.4 Å². The summed E-state index contributed by atoms with van der Waals surface area (Å²) in [5, 5.41) is 45.1. The highest BCUT2D eigenvalue weighted by Gasteiger charge is 2.22. The first-order valence-corrected chi connectivity index (χ1v) is 10.7. The summed E-state index contributed by atoms with van der Waals surface area (Å²) in [6.45, 7) is 0. The van der Waals surface area contributed by atoms with Crippen LogP contribution in [0.2, 0.25) is 0 Å². The van der Waals surface area contributed by atoms with Gasteiger partial charge in [-0.25, -0.2) is 19.2 Å². The minimum atomic E-state index is -4.67. The van der Waals surface area contributed by atoms with Gasteiger partial charge in [-0.15, -0.1) is 0 Å². The molecule has 2 aromatic rings. The number of carbonyl (C=O) groups excluding carboxylic acids is 2. The number of ether oxygens (including phenoxy) is 2. The number of hydrogen-bond donors (Lipinski definition) is 5. The number of nitrogens with zero attached hydrogens (tertiary/aromatic N) is 2. The van der Waals surface area contributed by atoms with Gasteiger partial charge in [0, 0.05) is 31.4 Å². The van der Waals surface area contributed by atoms with Crippen LogP contribution in [0.4, 0.5) is 11.4 Å². The number of methoxy groups -OCH3 is 2. The van der Waals surface area contributed by atoms with Crippen LogP contribution in [0.15, 0.2) is 36.4 Å². The van der Waals surface area contributed by atoms with Crippen molar-refractivity contribution < 1.29 is 71.3 Å². The average molecular weight is 580 g/mol. The molecular weight excluding hydrogens is 560 g/mol. The van der Waals surface area contributed by atoms with Crippen molar-refractivity contribution >= 4 is 45.7 Å². The molecule has 0 aliphatic carbocycles. The van der Waals surface area contributed by atoms with Gasteiger partial charge in [0.1, 0.15) is 0 Å². The first-order chi connectivity index (χ1) is 17.9. The van der Waals surface area contributed by atoms with E-state index in [9.17, 15) is 39.4 Å². The monoisotopic (exact) mass is 580 g/mol. The standard InChI is InChI=1S/C10H9NO6.C8H5NO6.CH4O.H2O4S/c1-16-9(12)7-4-3-6(11(14)15)5-8(7)10(13)17-2;10-7(11)5-2-1-4(9(14)15)3-6(5)8(12)13;1-2;1-5(2,3)4/h3-5H,1-2H3;1-3H,(H,10,11)(H,12,13);2H,1H3;(H2,1,2,3,4). The minimum absolute atomic E-state index is 0.0787. The zero-order valence-electron chi connectivity index (χ0n) is 19.9. The number of carbonyl (C=O) groups is 4. The van der Waals surface area contributed by atoms with E-state index in [1.807, 2.05) is 0 Å². The molecule has 0 fully saturated rings. The Labute approximate surface area is 217 Å². The fourth-order valence-electron chi connectivity index (χ4n) is 2.22. The molecule has 0 amide bonds. The molecule has 214 valence electrons. The normalized spacial score (nSPS) is 9.49. The summed E-state index contributed by atoms with van der Waals surface area (Å²) in [5.74, 6) is -4.56. The second kappa shape index (κ2) is 16.6. The lowest BCUT2D eigenvalue weighted by molar-refractivity contribution is -0.385. The predicted octanol–water partition coefficient (Wildman–Crippen LogP) is 1.11. The molecule has 0 spiro atoms. The average Bonchev–Trinajstić information content (AvgIpc) is 2.87. The van der Waals surface area contributed by atoms with Gasteiger partial charge in [-0.1, -0.05) is 0 Å². The maximum absolute atomic E-state index is 11.4. The topological polar surface area (TPSA) is 308 Å². The molecule has 0 aliphatic heterocycles. The van der Waals surface area contributed by atoms with Crippen LogP contribution in [0.5, 0.6) is 0 Å². The van der Waals surface area contributed by atoms with Crippen molar-refractivity contribution in [3.8, 4) is 0 Å². The summed E-state index contributed by atoms with van der Waals surface area (Å²) in [6, 6.07) is 5.78. The van der Waals surface area contributed by atoms with Gasteiger partial charge in [0.25, 0.3) is 11.4 Å². The number of nitro benzene ring substituents is 2. The molecule has 5 N–H and O–H groups in total. The van der Waals surface area contributed by atoms with E-state index in [0.29, 0.717) is 6.07 Å². The lowest BCUT2D eigenvalue weighted by atomic mass is 10.1. The summed E-state index contributed by atoms with van der Waals surface area (Å²) >= 11 is 0. The highest BCUT2D eigenvalue weighted by atomic mass is 32.3. The van der Waals surface area contributed by atoms with E-state index in [1.165, 1.54) is 0 Å². The molecule has 2 rings (SSSR count). The van der Waals surface area contributed by atoms with Gasteiger partial charge in [0.05, 0.1) is 46.3 Å². The Morgan fingerprint density at radius 1 is 0.692 bits per heavy atom. The van der Waals surface area contributed by atoms with Crippen LogP contribution in [0.3, 0.4) is 0 Å². The smallest absolute Gasteiger partial charge is 0.394 e. The van der Waals surface area contributed by atoms with Gasteiger partial charge >= 0.3 is 34.3 Å². The zero-order valence-corrected chi connectivity index (χ0v) is 20.7. The van der Waals surface area contributed by atoms with Crippen LogP contribution >= 0.6 is 0 Å². The van der Waals surface area contributed by atoms with Crippen molar-refractivity contribution in [2.24, 2.45) is 0 Å². The predicted molar refractivity (Wildman–Crippen MR) is 125 cm³/mol. The number of carboxylic acids is 2. The Morgan fingerprint density at radius 2 is 1.00 bits per heavy atom. The highest BCUT2D eigenvalue weighted by molar-refractivity contribution is 7.79. The molecule has 0 atom stereocenters. The van der Waals surface area contributed by atoms with E-state index in [2.05, 4.69) is 9.47 Å². The summed E-state index contributed by atoms with van der Waals surface area (Å²) < 4.78 is 40.5. The molecule has 0 aliphatic rings. The molecule has 0 bridgehead atoms. The number of rotatable bonds is 6. The number of hydrogen-bond acceptors (Lipinski definition) is 13. The Balaban J connectivity index is 0.